The van der Waals surface area contributed by atoms with Crippen molar-refractivity contribution in [3.8, 4) is 5.75 Å². The van der Waals surface area contributed by atoms with Crippen LogP contribution in [0.1, 0.15) is 13.3 Å². The largest absolute Gasteiger partial charge is 0.492 e. The number of hydrogen-bond donors (Lipinski definition) is 1. The number of nitrogens with zero attached hydrogens (tertiary/aromatic N) is 1. The van der Waals surface area contributed by atoms with E-state index in [1.165, 1.54) is 0 Å². The fourth-order valence-electron chi connectivity index (χ4n) is 1.40. The van der Waals surface area contributed by atoms with Gasteiger partial charge in [-0.05, 0) is 38.6 Å². The molecule has 1 rings (SSSR count). The minimum atomic E-state index is -0.233. The summed E-state index contributed by atoms with van der Waals surface area (Å²) in [5, 5.41) is 9.17. The smallest absolute Gasteiger partial charge is 0.120 e. The summed E-state index contributed by atoms with van der Waals surface area (Å²) in [6.07, 6.45) is 0.566. The monoisotopic (exact) mass is 301 g/mol. The predicted octanol–water partition coefficient (Wildman–Crippen LogP) is 2.53. The van der Waals surface area contributed by atoms with Gasteiger partial charge in [-0.1, -0.05) is 22.0 Å². The lowest BCUT2D eigenvalue weighted by atomic mass is 10.3. The van der Waals surface area contributed by atoms with E-state index in [9.17, 15) is 5.11 Å². The van der Waals surface area contributed by atoms with Crippen molar-refractivity contribution in [2.45, 2.75) is 19.4 Å². The van der Waals surface area contributed by atoms with Gasteiger partial charge in [-0.2, -0.15) is 0 Å². The van der Waals surface area contributed by atoms with Gasteiger partial charge in [-0.25, -0.2) is 0 Å². The van der Waals surface area contributed by atoms with Gasteiger partial charge in [0.05, 0.1) is 6.10 Å². The van der Waals surface area contributed by atoms with Crippen LogP contribution in [0.3, 0.4) is 0 Å². The van der Waals surface area contributed by atoms with Crippen LogP contribution in [-0.4, -0.2) is 42.9 Å². The number of halogens is 1. The Hall–Kier alpha value is -0.580. The number of likely N-dealkylation sites (N-methyl/N-ethyl adjacent to an activating group) is 1. The van der Waals surface area contributed by atoms with Crippen molar-refractivity contribution in [2.75, 3.05) is 26.7 Å². The highest BCUT2D eigenvalue weighted by molar-refractivity contribution is 9.10. The van der Waals surface area contributed by atoms with Crippen molar-refractivity contribution in [3.63, 3.8) is 0 Å². The van der Waals surface area contributed by atoms with E-state index in [0.717, 1.165) is 29.7 Å². The van der Waals surface area contributed by atoms with Crippen LogP contribution in [0.15, 0.2) is 28.7 Å². The molecule has 0 saturated carbocycles. The number of rotatable bonds is 7. The van der Waals surface area contributed by atoms with Crippen LogP contribution in [0.4, 0.5) is 0 Å². The molecule has 1 aromatic rings. The van der Waals surface area contributed by atoms with Crippen molar-refractivity contribution in [1.29, 1.82) is 0 Å². The SMILES string of the molecule is CC(O)CCN(C)CCOc1cccc(Br)c1. The molecule has 17 heavy (non-hydrogen) atoms. The van der Waals surface area contributed by atoms with Gasteiger partial charge in [0.25, 0.3) is 0 Å². The number of ether oxygens (including phenoxy) is 1. The normalized spacial score (nSPS) is 12.8. The molecule has 0 aromatic heterocycles. The molecule has 0 aliphatic carbocycles. The summed E-state index contributed by atoms with van der Waals surface area (Å²) in [5.74, 6) is 0.878. The third-order valence-electron chi connectivity index (χ3n) is 2.47. The second-order valence-electron chi connectivity index (χ2n) is 4.25. The molecule has 0 aliphatic heterocycles. The van der Waals surface area contributed by atoms with Crippen molar-refractivity contribution < 1.29 is 9.84 Å². The second kappa shape index (κ2) is 7.69. The predicted molar refractivity (Wildman–Crippen MR) is 73.4 cm³/mol. The Morgan fingerprint density at radius 1 is 1.41 bits per heavy atom. The molecular weight excluding hydrogens is 282 g/mol. The summed E-state index contributed by atoms with van der Waals surface area (Å²) in [5.41, 5.74) is 0. The fourth-order valence-corrected chi connectivity index (χ4v) is 1.77. The Bertz CT molecular complexity index is 331. The Morgan fingerprint density at radius 3 is 2.82 bits per heavy atom. The van der Waals surface area contributed by atoms with Crippen molar-refractivity contribution >= 4 is 15.9 Å². The summed E-state index contributed by atoms with van der Waals surface area (Å²) in [4.78, 5) is 2.16. The summed E-state index contributed by atoms with van der Waals surface area (Å²) in [7, 11) is 2.03. The maximum absolute atomic E-state index is 9.17. The third kappa shape index (κ3) is 6.66. The lowest BCUT2D eigenvalue weighted by Gasteiger charge is -2.17. The van der Waals surface area contributed by atoms with Gasteiger partial charge < -0.3 is 14.7 Å². The lowest BCUT2D eigenvalue weighted by molar-refractivity contribution is 0.157. The molecule has 0 radical (unpaired) electrons. The van der Waals surface area contributed by atoms with E-state index in [1.54, 1.807) is 0 Å². The topological polar surface area (TPSA) is 32.7 Å². The van der Waals surface area contributed by atoms with E-state index in [-0.39, 0.29) is 6.10 Å². The molecule has 1 atom stereocenters. The molecule has 1 N–H and O–H groups in total. The van der Waals surface area contributed by atoms with Crippen LogP contribution >= 0.6 is 15.9 Å². The van der Waals surface area contributed by atoms with Crippen LogP contribution in [-0.2, 0) is 0 Å². The van der Waals surface area contributed by atoms with E-state index in [2.05, 4.69) is 20.8 Å². The van der Waals surface area contributed by atoms with Gasteiger partial charge in [0.2, 0.25) is 0 Å². The van der Waals surface area contributed by atoms with Crippen LogP contribution in [0.25, 0.3) is 0 Å². The summed E-state index contributed by atoms with van der Waals surface area (Å²) in [6.45, 7) is 4.22. The van der Waals surface area contributed by atoms with E-state index < -0.39 is 0 Å². The van der Waals surface area contributed by atoms with Crippen molar-refractivity contribution in [1.82, 2.24) is 4.90 Å². The standard InChI is InChI=1S/C13H20BrNO2/c1-11(16)6-7-15(2)8-9-17-13-5-3-4-12(14)10-13/h3-5,10-11,16H,6-9H2,1-2H3. The zero-order valence-electron chi connectivity index (χ0n) is 10.4. The zero-order valence-corrected chi connectivity index (χ0v) is 12.0. The van der Waals surface area contributed by atoms with Gasteiger partial charge in [0.1, 0.15) is 12.4 Å². The van der Waals surface area contributed by atoms with Crippen LogP contribution in [0.5, 0.6) is 5.75 Å². The zero-order chi connectivity index (χ0) is 12.7. The van der Waals surface area contributed by atoms with Gasteiger partial charge in [0, 0.05) is 17.6 Å². The highest BCUT2D eigenvalue weighted by Crippen LogP contribution is 2.17. The maximum atomic E-state index is 9.17. The number of aliphatic hydroxyl groups is 1. The maximum Gasteiger partial charge on any atom is 0.120 e. The average molecular weight is 302 g/mol. The van der Waals surface area contributed by atoms with Gasteiger partial charge in [-0.15, -0.1) is 0 Å². The molecule has 0 amide bonds. The highest BCUT2D eigenvalue weighted by atomic mass is 79.9. The number of aliphatic hydroxyl groups excluding tert-OH is 1. The Kier molecular flexibility index (Phi) is 6.55. The molecule has 96 valence electrons. The molecule has 0 saturated heterocycles. The molecule has 0 aliphatic rings. The van der Waals surface area contributed by atoms with E-state index >= 15 is 0 Å². The Balaban J connectivity index is 2.19. The highest BCUT2D eigenvalue weighted by Gasteiger charge is 2.02. The van der Waals surface area contributed by atoms with Crippen molar-refractivity contribution in [2.24, 2.45) is 0 Å². The van der Waals surface area contributed by atoms with E-state index in [1.807, 2.05) is 38.2 Å². The average Bonchev–Trinajstić information content (AvgIpc) is 2.26. The molecular formula is C13H20BrNO2. The first-order chi connectivity index (χ1) is 8.08. The van der Waals surface area contributed by atoms with E-state index in [4.69, 9.17) is 4.74 Å². The number of hydrogen-bond acceptors (Lipinski definition) is 3. The van der Waals surface area contributed by atoms with Crippen LogP contribution in [0.2, 0.25) is 0 Å². The lowest BCUT2D eigenvalue weighted by Crippen LogP contribution is -2.27. The molecule has 1 unspecified atom stereocenters. The molecule has 4 heteroatoms. The minimum Gasteiger partial charge on any atom is -0.492 e. The van der Waals surface area contributed by atoms with Crippen molar-refractivity contribution in [3.05, 3.63) is 28.7 Å². The Morgan fingerprint density at radius 2 is 2.18 bits per heavy atom. The summed E-state index contributed by atoms with van der Waals surface area (Å²) >= 11 is 3.41. The first-order valence-electron chi connectivity index (χ1n) is 5.83. The molecule has 0 spiro atoms. The summed E-state index contributed by atoms with van der Waals surface area (Å²) < 4.78 is 6.66. The quantitative estimate of drug-likeness (QED) is 0.840. The second-order valence-corrected chi connectivity index (χ2v) is 5.16. The molecule has 0 fully saturated rings. The molecule has 0 heterocycles. The van der Waals surface area contributed by atoms with Gasteiger partial charge in [0.15, 0.2) is 0 Å². The molecule has 1 aromatic carbocycles. The fraction of sp³-hybridized carbons (Fsp3) is 0.538. The van der Waals surface area contributed by atoms with Gasteiger partial charge in [-0.3, -0.25) is 0 Å². The Labute approximate surface area is 112 Å². The van der Waals surface area contributed by atoms with E-state index in [0.29, 0.717) is 6.61 Å². The first-order valence-corrected chi connectivity index (χ1v) is 6.62. The minimum absolute atomic E-state index is 0.233. The van der Waals surface area contributed by atoms with Gasteiger partial charge >= 0.3 is 0 Å². The first kappa shape index (κ1) is 14.5. The molecule has 3 nitrogen and oxygen atoms in total. The van der Waals surface area contributed by atoms with Crippen LogP contribution < -0.4 is 4.74 Å². The molecule has 0 bridgehead atoms. The van der Waals surface area contributed by atoms with Crippen LogP contribution in [0, 0.1) is 0 Å². The summed E-state index contributed by atoms with van der Waals surface area (Å²) in [6, 6.07) is 7.83. The number of benzene rings is 1. The third-order valence-corrected chi connectivity index (χ3v) is 2.96.